The number of amides is 1. The predicted octanol–water partition coefficient (Wildman–Crippen LogP) is 1.39. The number of hydrogen-bond acceptors (Lipinski definition) is 3. The van der Waals surface area contributed by atoms with Crippen LogP contribution in [0.15, 0.2) is 12.1 Å². The van der Waals surface area contributed by atoms with E-state index in [-0.39, 0.29) is 23.7 Å². The van der Waals surface area contributed by atoms with Crippen LogP contribution in [0.4, 0.5) is 14.5 Å². The van der Waals surface area contributed by atoms with Gasteiger partial charge in [0.05, 0.1) is 11.7 Å². The van der Waals surface area contributed by atoms with Crippen molar-refractivity contribution in [2.75, 3.05) is 18.8 Å². The molecular formula is C13H16F2N2O2. The van der Waals surface area contributed by atoms with Crippen LogP contribution in [0.3, 0.4) is 0 Å². The SMILES string of the molecule is CC1CCN(C(=O)c2cc(F)c(F)cc2N)CC1O. The number of hydrogen-bond donors (Lipinski definition) is 2. The number of β-amino-alcohol motifs (C(OH)–C–C–N with tert-alkyl or cyclic N) is 1. The molecule has 1 amide bonds. The van der Waals surface area contributed by atoms with E-state index in [2.05, 4.69) is 0 Å². The van der Waals surface area contributed by atoms with Crippen molar-refractivity contribution in [1.29, 1.82) is 0 Å². The summed E-state index contributed by atoms with van der Waals surface area (Å²) in [5.74, 6) is -2.56. The monoisotopic (exact) mass is 270 g/mol. The lowest BCUT2D eigenvalue weighted by Gasteiger charge is -2.34. The lowest BCUT2D eigenvalue weighted by atomic mass is 9.95. The molecule has 2 atom stereocenters. The molecule has 1 fully saturated rings. The predicted molar refractivity (Wildman–Crippen MR) is 66.5 cm³/mol. The summed E-state index contributed by atoms with van der Waals surface area (Å²) in [6.07, 6.45) is 0.0560. The molecule has 0 aromatic heterocycles. The zero-order chi connectivity index (χ0) is 14.2. The van der Waals surface area contributed by atoms with Crippen LogP contribution in [0.5, 0.6) is 0 Å². The Hall–Kier alpha value is -1.69. The van der Waals surface area contributed by atoms with Crippen LogP contribution < -0.4 is 5.73 Å². The zero-order valence-corrected chi connectivity index (χ0v) is 10.6. The Morgan fingerprint density at radius 1 is 1.42 bits per heavy atom. The molecule has 2 unspecified atom stereocenters. The quantitative estimate of drug-likeness (QED) is 0.758. The summed E-state index contributed by atoms with van der Waals surface area (Å²) in [5.41, 5.74) is 5.37. The normalized spacial score (nSPS) is 23.5. The fourth-order valence-corrected chi connectivity index (χ4v) is 2.15. The molecule has 0 bridgehead atoms. The second kappa shape index (κ2) is 5.13. The van der Waals surface area contributed by atoms with E-state index in [1.54, 1.807) is 0 Å². The molecule has 1 heterocycles. The van der Waals surface area contributed by atoms with E-state index >= 15 is 0 Å². The Morgan fingerprint density at radius 2 is 2.05 bits per heavy atom. The highest BCUT2D eigenvalue weighted by Gasteiger charge is 2.29. The summed E-state index contributed by atoms with van der Waals surface area (Å²) in [6.45, 7) is 2.55. The molecule has 19 heavy (non-hydrogen) atoms. The van der Waals surface area contributed by atoms with Crippen LogP contribution in [-0.4, -0.2) is 35.1 Å². The molecule has 1 saturated heterocycles. The largest absolute Gasteiger partial charge is 0.398 e. The van der Waals surface area contributed by atoms with Gasteiger partial charge in [0.1, 0.15) is 0 Å². The van der Waals surface area contributed by atoms with E-state index in [4.69, 9.17) is 5.73 Å². The minimum Gasteiger partial charge on any atom is -0.398 e. The fraction of sp³-hybridized carbons (Fsp3) is 0.462. The van der Waals surface area contributed by atoms with E-state index in [1.165, 1.54) is 4.90 Å². The average molecular weight is 270 g/mol. The van der Waals surface area contributed by atoms with Gasteiger partial charge in [0.25, 0.3) is 5.91 Å². The van der Waals surface area contributed by atoms with Crippen molar-refractivity contribution in [1.82, 2.24) is 4.90 Å². The highest BCUT2D eigenvalue weighted by atomic mass is 19.2. The Balaban J connectivity index is 2.23. The van der Waals surface area contributed by atoms with Crippen molar-refractivity contribution >= 4 is 11.6 Å². The van der Waals surface area contributed by atoms with Gasteiger partial charge in [0, 0.05) is 24.8 Å². The highest BCUT2D eigenvalue weighted by Crippen LogP contribution is 2.23. The molecule has 0 radical (unpaired) electrons. The number of benzene rings is 1. The van der Waals surface area contributed by atoms with Gasteiger partial charge in [-0.25, -0.2) is 8.78 Å². The standard InChI is InChI=1S/C13H16F2N2O2/c1-7-2-3-17(6-12(7)18)13(19)8-4-9(14)10(15)5-11(8)16/h4-5,7,12,18H,2-3,6,16H2,1H3. The van der Waals surface area contributed by atoms with Crippen molar-refractivity contribution in [3.8, 4) is 0 Å². The van der Waals surface area contributed by atoms with Gasteiger partial charge in [-0.2, -0.15) is 0 Å². The van der Waals surface area contributed by atoms with Gasteiger partial charge >= 0.3 is 0 Å². The van der Waals surface area contributed by atoms with Gasteiger partial charge in [-0.3, -0.25) is 4.79 Å². The van der Waals surface area contributed by atoms with Crippen LogP contribution in [0.1, 0.15) is 23.7 Å². The minimum absolute atomic E-state index is 0.0688. The number of aliphatic hydroxyl groups is 1. The van der Waals surface area contributed by atoms with E-state index < -0.39 is 23.6 Å². The molecule has 2 rings (SSSR count). The first kappa shape index (κ1) is 13.7. The lowest BCUT2D eigenvalue weighted by Crippen LogP contribution is -2.46. The molecule has 1 aromatic rings. The molecule has 1 aromatic carbocycles. The minimum atomic E-state index is -1.11. The van der Waals surface area contributed by atoms with Crippen molar-refractivity contribution in [2.45, 2.75) is 19.4 Å². The summed E-state index contributed by atoms with van der Waals surface area (Å²) in [4.78, 5) is 13.6. The summed E-state index contributed by atoms with van der Waals surface area (Å²) in [7, 11) is 0. The molecule has 4 nitrogen and oxygen atoms in total. The number of nitrogens with zero attached hydrogens (tertiary/aromatic N) is 1. The second-order valence-electron chi connectivity index (χ2n) is 4.94. The summed E-state index contributed by atoms with van der Waals surface area (Å²) in [5, 5.41) is 9.75. The number of nitrogen functional groups attached to an aromatic ring is 1. The first-order valence-corrected chi connectivity index (χ1v) is 6.12. The average Bonchev–Trinajstić information content (AvgIpc) is 2.36. The van der Waals surface area contributed by atoms with E-state index in [0.717, 1.165) is 12.1 Å². The van der Waals surface area contributed by atoms with Crippen LogP contribution in [0.2, 0.25) is 0 Å². The maximum Gasteiger partial charge on any atom is 0.256 e. The molecule has 1 aliphatic heterocycles. The highest BCUT2D eigenvalue weighted by molar-refractivity contribution is 5.99. The molecule has 0 aliphatic carbocycles. The van der Waals surface area contributed by atoms with Gasteiger partial charge in [0.15, 0.2) is 11.6 Å². The second-order valence-corrected chi connectivity index (χ2v) is 4.94. The summed E-state index contributed by atoms with van der Waals surface area (Å²) < 4.78 is 26.1. The number of halogens is 2. The molecule has 104 valence electrons. The van der Waals surface area contributed by atoms with Crippen LogP contribution in [-0.2, 0) is 0 Å². The van der Waals surface area contributed by atoms with Crippen molar-refractivity contribution < 1.29 is 18.7 Å². The van der Waals surface area contributed by atoms with E-state index in [0.29, 0.717) is 13.0 Å². The number of nitrogens with two attached hydrogens (primary N) is 1. The third kappa shape index (κ3) is 2.68. The number of anilines is 1. The first-order chi connectivity index (χ1) is 8.90. The molecule has 0 saturated carbocycles. The lowest BCUT2D eigenvalue weighted by molar-refractivity contribution is 0.0249. The van der Waals surface area contributed by atoms with Gasteiger partial charge < -0.3 is 15.7 Å². The third-order valence-corrected chi connectivity index (χ3v) is 3.53. The number of carbonyl (C=O) groups is 1. The van der Waals surface area contributed by atoms with E-state index in [1.807, 2.05) is 6.92 Å². The molecule has 1 aliphatic rings. The number of likely N-dealkylation sites (tertiary alicyclic amines) is 1. The fourth-order valence-electron chi connectivity index (χ4n) is 2.15. The molecule has 3 N–H and O–H groups in total. The van der Waals surface area contributed by atoms with E-state index in [9.17, 15) is 18.7 Å². The number of aliphatic hydroxyl groups excluding tert-OH is 1. The summed E-state index contributed by atoms with van der Waals surface area (Å²) >= 11 is 0. The van der Waals surface area contributed by atoms with Gasteiger partial charge in [-0.15, -0.1) is 0 Å². The van der Waals surface area contributed by atoms with Crippen molar-refractivity contribution in [3.05, 3.63) is 29.3 Å². The Kier molecular flexibility index (Phi) is 3.71. The van der Waals surface area contributed by atoms with Gasteiger partial charge in [-0.1, -0.05) is 6.92 Å². The van der Waals surface area contributed by atoms with Crippen LogP contribution in [0, 0.1) is 17.6 Å². The third-order valence-electron chi connectivity index (χ3n) is 3.53. The van der Waals surface area contributed by atoms with Crippen LogP contribution >= 0.6 is 0 Å². The van der Waals surface area contributed by atoms with Crippen molar-refractivity contribution in [2.24, 2.45) is 5.92 Å². The number of carbonyl (C=O) groups excluding carboxylic acids is 1. The Bertz CT molecular complexity index is 508. The Morgan fingerprint density at radius 3 is 2.68 bits per heavy atom. The number of rotatable bonds is 1. The number of piperidine rings is 1. The van der Waals surface area contributed by atoms with Crippen molar-refractivity contribution in [3.63, 3.8) is 0 Å². The molecule has 0 spiro atoms. The van der Waals surface area contributed by atoms with Gasteiger partial charge in [-0.05, 0) is 18.4 Å². The molecular weight excluding hydrogens is 254 g/mol. The smallest absolute Gasteiger partial charge is 0.256 e. The maximum atomic E-state index is 13.2. The maximum absolute atomic E-state index is 13.2. The topological polar surface area (TPSA) is 66.6 Å². The van der Waals surface area contributed by atoms with Crippen LogP contribution in [0.25, 0.3) is 0 Å². The zero-order valence-electron chi connectivity index (χ0n) is 10.6. The first-order valence-electron chi connectivity index (χ1n) is 6.12. The Labute approximate surface area is 109 Å². The summed E-state index contributed by atoms with van der Waals surface area (Å²) in [6, 6.07) is 1.60. The van der Waals surface area contributed by atoms with Gasteiger partial charge in [0.2, 0.25) is 0 Å². The molecule has 6 heteroatoms.